The number of benzene rings is 1. The van der Waals surface area contributed by atoms with Gasteiger partial charge in [0.25, 0.3) is 11.1 Å². The average Bonchev–Trinajstić information content (AvgIpc) is 3.11. The molecule has 0 spiro atoms. The smallest absolute Gasteiger partial charge is 0.278 e. The lowest BCUT2D eigenvalue weighted by Crippen LogP contribution is -2.30. The van der Waals surface area contributed by atoms with Crippen molar-refractivity contribution < 1.29 is 22.7 Å². The second kappa shape index (κ2) is 11.9. The number of ketones is 1. The number of hydrogen-bond donors (Lipinski definition) is 0. The van der Waals surface area contributed by atoms with E-state index in [0.717, 1.165) is 68.4 Å². The molecule has 0 saturated heterocycles. The Morgan fingerprint density at radius 3 is 2.51 bits per heavy atom. The first kappa shape index (κ1) is 26.1. The third kappa shape index (κ3) is 8.31. The standard InChI is InChI=1S/C27H35F3N2O2S/c1-27(29,30)18-34-26-31-24-11-14-32(15-12-25(24)35-26)13-10-19-2-4-20(5-3-19)16-23(33)17-21-6-8-22(28)9-7-21/h6-9,19-20H,2-5,10-18H2,1H3. The van der Waals surface area contributed by atoms with Gasteiger partial charge in [0, 0.05) is 44.2 Å². The Morgan fingerprint density at radius 1 is 1.11 bits per heavy atom. The minimum atomic E-state index is -2.85. The molecule has 8 heteroatoms. The number of carbonyl (C=O) groups is 1. The zero-order valence-electron chi connectivity index (χ0n) is 20.4. The van der Waals surface area contributed by atoms with Gasteiger partial charge in [0.1, 0.15) is 11.6 Å². The van der Waals surface area contributed by atoms with Crippen LogP contribution in [0.3, 0.4) is 0 Å². The van der Waals surface area contributed by atoms with E-state index in [1.165, 1.54) is 42.7 Å². The van der Waals surface area contributed by atoms with Crippen molar-refractivity contribution in [1.29, 1.82) is 0 Å². The van der Waals surface area contributed by atoms with Crippen LogP contribution in [-0.4, -0.2) is 47.8 Å². The molecule has 1 aromatic heterocycles. The number of nitrogens with zero attached hydrogens (tertiary/aromatic N) is 2. The van der Waals surface area contributed by atoms with Crippen molar-refractivity contribution in [1.82, 2.24) is 9.88 Å². The normalized spacial score (nSPS) is 21.4. The third-order valence-electron chi connectivity index (χ3n) is 7.18. The number of Topliss-reactive ketones (excluding diaryl/α,β-unsaturated/α-hetero) is 1. The summed E-state index contributed by atoms with van der Waals surface area (Å²) in [6.45, 7) is 3.19. The number of aromatic nitrogens is 1. The lowest BCUT2D eigenvalue weighted by molar-refractivity contribution is -0.119. The topological polar surface area (TPSA) is 42.4 Å². The van der Waals surface area contributed by atoms with E-state index in [4.69, 9.17) is 4.74 Å². The summed E-state index contributed by atoms with van der Waals surface area (Å²) < 4.78 is 44.3. The van der Waals surface area contributed by atoms with Crippen LogP contribution in [-0.2, 0) is 24.1 Å². The van der Waals surface area contributed by atoms with Crippen molar-refractivity contribution in [3.05, 3.63) is 46.2 Å². The second-order valence-electron chi connectivity index (χ2n) is 10.3. The highest BCUT2D eigenvalue weighted by Crippen LogP contribution is 2.34. The van der Waals surface area contributed by atoms with E-state index in [1.807, 2.05) is 0 Å². The molecule has 1 saturated carbocycles. The summed E-state index contributed by atoms with van der Waals surface area (Å²) in [6, 6.07) is 6.22. The predicted octanol–water partition coefficient (Wildman–Crippen LogP) is 6.12. The highest BCUT2D eigenvalue weighted by Gasteiger charge is 2.26. The van der Waals surface area contributed by atoms with Crippen LogP contribution in [0.1, 0.15) is 61.6 Å². The molecule has 1 aliphatic heterocycles. The number of carbonyl (C=O) groups excluding carboxylic acids is 1. The van der Waals surface area contributed by atoms with Crippen LogP contribution in [0.5, 0.6) is 5.19 Å². The van der Waals surface area contributed by atoms with Gasteiger partial charge in [0.05, 0.1) is 5.69 Å². The average molecular weight is 509 g/mol. The van der Waals surface area contributed by atoms with E-state index in [0.29, 0.717) is 29.9 Å². The summed E-state index contributed by atoms with van der Waals surface area (Å²) in [5, 5.41) is 0.359. The van der Waals surface area contributed by atoms with Gasteiger partial charge < -0.3 is 9.64 Å². The van der Waals surface area contributed by atoms with Crippen molar-refractivity contribution >= 4 is 17.1 Å². The zero-order valence-corrected chi connectivity index (χ0v) is 21.2. The Morgan fingerprint density at radius 2 is 1.80 bits per heavy atom. The monoisotopic (exact) mass is 508 g/mol. The van der Waals surface area contributed by atoms with Gasteiger partial charge in [-0.2, -0.15) is 0 Å². The molecular weight excluding hydrogens is 473 g/mol. The lowest BCUT2D eigenvalue weighted by atomic mass is 9.78. The Kier molecular flexibility index (Phi) is 8.87. The minimum Gasteiger partial charge on any atom is -0.464 e. The molecule has 0 radical (unpaired) electrons. The van der Waals surface area contributed by atoms with Crippen LogP contribution in [0, 0.1) is 17.7 Å². The molecule has 0 unspecified atom stereocenters. The minimum absolute atomic E-state index is 0.252. The van der Waals surface area contributed by atoms with Crippen molar-refractivity contribution in [2.75, 3.05) is 26.2 Å². The maximum Gasteiger partial charge on any atom is 0.278 e. The molecule has 0 atom stereocenters. The zero-order chi connectivity index (χ0) is 24.8. The molecule has 4 rings (SSSR count). The van der Waals surface area contributed by atoms with Crippen LogP contribution in [0.4, 0.5) is 13.2 Å². The molecule has 1 aromatic carbocycles. The highest BCUT2D eigenvalue weighted by atomic mass is 32.1. The number of halogens is 3. The SMILES string of the molecule is CC(F)(F)COc1nc2c(s1)CCN(CCC1CCC(CC(=O)Cc3ccc(F)cc3)CC1)CC2. The first-order valence-electron chi connectivity index (χ1n) is 12.7. The van der Waals surface area contributed by atoms with Crippen LogP contribution < -0.4 is 4.74 Å². The van der Waals surface area contributed by atoms with E-state index < -0.39 is 12.5 Å². The van der Waals surface area contributed by atoms with E-state index in [9.17, 15) is 18.0 Å². The lowest BCUT2D eigenvalue weighted by Gasteiger charge is -2.30. The molecule has 2 heterocycles. The molecular formula is C27H35F3N2O2S. The summed E-state index contributed by atoms with van der Waals surface area (Å²) in [4.78, 5) is 20.5. The van der Waals surface area contributed by atoms with Gasteiger partial charge in [-0.3, -0.25) is 4.79 Å². The maximum absolute atomic E-state index is 13.0. The highest BCUT2D eigenvalue weighted by molar-refractivity contribution is 7.13. The van der Waals surface area contributed by atoms with Gasteiger partial charge in [0.15, 0.2) is 6.61 Å². The van der Waals surface area contributed by atoms with Crippen molar-refractivity contribution in [2.24, 2.45) is 11.8 Å². The number of rotatable bonds is 10. The summed E-state index contributed by atoms with van der Waals surface area (Å²) in [5.41, 5.74) is 1.89. The van der Waals surface area contributed by atoms with Gasteiger partial charge in [0.2, 0.25) is 0 Å². The quantitative estimate of drug-likeness (QED) is 0.388. The Bertz CT molecular complexity index is 940. The van der Waals surface area contributed by atoms with Crippen LogP contribution in [0.15, 0.2) is 24.3 Å². The van der Waals surface area contributed by atoms with Crippen LogP contribution >= 0.6 is 11.3 Å². The van der Waals surface area contributed by atoms with Gasteiger partial charge in [-0.25, -0.2) is 18.2 Å². The van der Waals surface area contributed by atoms with E-state index in [2.05, 4.69) is 9.88 Å². The molecule has 0 bridgehead atoms. The Hall–Kier alpha value is -1.93. The molecule has 192 valence electrons. The summed E-state index contributed by atoms with van der Waals surface area (Å²) in [7, 11) is 0. The Balaban J connectivity index is 1.13. The van der Waals surface area contributed by atoms with E-state index in [-0.39, 0.29) is 11.6 Å². The van der Waals surface area contributed by atoms with Gasteiger partial charge in [-0.15, -0.1) is 0 Å². The third-order valence-corrected chi connectivity index (χ3v) is 8.25. The molecule has 0 amide bonds. The van der Waals surface area contributed by atoms with Crippen molar-refractivity contribution in [2.45, 2.75) is 70.6 Å². The first-order chi connectivity index (χ1) is 16.7. The van der Waals surface area contributed by atoms with E-state index >= 15 is 0 Å². The maximum atomic E-state index is 13.0. The summed E-state index contributed by atoms with van der Waals surface area (Å²) in [6.07, 6.45) is 8.52. The predicted molar refractivity (Wildman–Crippen MR) is 132 cm³/mol. The molecule has 1 aliphatic carbocycles. The van der Waals surface area contributed by atoms with Crippen LogP contribution in [0.25, 0.3) is 0 Å². The second-order valence-corrected chi connectivity index (χ2v) is 11.3. The molecule has 35 heavy (non-hydrogen) atoms. The Labute approximate surface area is 209 Å². The van der Waals surface area contributed by atoms with Gasteiger partial charge in [-0.1, -0.05) is 36.3 Å². The summed E-state index contributed by atoms with van der Waals surface area (Å²) >= 11 is 1.41. The van der Waals surface area contributed by atoms with Crippen molar-refractivity contribution in [3.63, 3.8) is 0 Å². The molecule has 4 nitrogen and oxygen atoms in total. The van der Waals surface area contributed by atoms with Gasteiger partial charge in [-0.05, 0) is 61.8 Å². The molecule has 1 fully saturated rings. The largest absolute Gasteiger partial charge is 0.464 e. The molecule has 2 aromatic rings. The fourth-order valence-corrected chi connectivity index (χ4v) is 6.12. The first-order valence-corrected chi connectivity index (χ1v) is 13.5. The number of hydrogen-bond acceptors (Lipinski definition) is 5. The number of alkyl halides is 2. The molecule has 2 aliphatic rings. The number of fused-ring (bicyclic) bond motifs is 1. The van der Waals surface area contributed by atoms with Crippen molar-refractivity contribution in [3.8, 4) is 5.19 Å². The van der Waals surface area contributed by atoms with Gasteiger partial charge >= 0.3 is 0 Å². The van der Waals surface area contributed by atoms with Crippen LogP contribution in [0.2, 0.25) is 0 Å². The van der Waals surface area contributed by atoms with E-state index in [1.54, 1.807) is 12.1 Å². The summed E-state index contributed by atoms with van der Waals surface area (Å²) in [5.74, 6) is -1.68. The molecule has 0 N–H and O–H groups in total. The number of thiazole rings is 1. The fourth-order valence-electron chi connectivity index (χ4n) is 5.17. The number of ether oxygens (including phenoxy) is 1. The fraction of sp³-hybridized carbons (Fsp3) is 0.630.